The number of ketones is 2. The lowest BCUT2D eigenvalue weighted by Gasteiger charge is -2.48. The Bertz CT molecular complexity index is 2770. The van der Waals surface area contributed by atoms with Gasteiger partial charge >= 0.3 is 0 Å². The largest absolute Gasteiger partial charge is 0.504 e. The Hall–Kier alpha value is -6.14. The monoisotopic (exact) mass is 1030 g/mol. The first-order valence-electron chi connectivity index (χ1n) is 22.6. The van der Waals surface area contributed by atoms with Gasteiger partial charge in [0.25, 0.3) is 5.91 Å². The number of carbonyl (C=O) groups is 2. The van der Waals surface area contributed by atoms with Crippen LogP contribution in [0.4, 0.5) is 0 Å². The van der Waals surface area contributed by atoms with E-state index in [1.165, 1.54) is 36.2 Å². The van der Waals surface area contributed by atoms with Crippen molar-refractivity contribution >= 4 is 11.6 Å². The summed E-state index contributed by atoms with van der Waals surface area (Å²) >= 11 is 0. The van der Waals surface area contributed by atoms with Crippen LogP contribution in [0.2, 0.25) is 0 Å². The molecule has 2 atom stereocenters. The van der Waals surface area contributed by atoms with Crippen LogP contribution < -0.4 is 23.7 Å². The van der Waals surface area contributed by atoms with Crippen LogP contribution in [0.15, 0.2) is 54.6 Å². The van der Waals surface area contributed by atoms with E-state index in [4.69, 9.17) is 23.7 Å². The minimum absolute atomic E-state index is 0.0212. The van der Waals surface area contributed by atoms with Gasteiger partial charge in [-0.2, -0.15) is 0 Å². The third kappa shape index (κ3) is 7.78. The van der Waals surface area contributed by atoms with Gasteiger partial charge in [-0.15, -0.1) is 0 Å². The molecule has 4 aromatic carbocycles. The van der Waals surface area contributed by atoms with Gasteiger partial charge in [-0.3, -0.25) is 14.5 Å². The highest BCUT2D eigenvalue weighted by Gasteiger charge is 2.75. The zero-order chi connectivity index (χ0) is 53.6. The molecule has 0 saturated carbocycles. The lowest BCUT2D eigenvalue weighted by molar-refractivity contribution is -0.378. The van der Waals surface area contributed by atoms with E-state index in [1.807, 2.05) is 0 Å². The zero-order valence-corrected chi connectivity index (χ0v) is 39.3. The van der Waals surface area contributed by atoms with Gasteiger partial charge in [-0.1, -0.05) is 30.3 Å². The maximum absolute atomic E-state index is 14.0. The molecular weight excluding hydrogens is 973 g/mol. The quantitative estimate of drug-likeness (QED) is 0.0343. The standard InChI is InChI=1S/C48H56N2O23/c1-69-31-17-26-29(19-32(31)70-2)46(63,64)42(57,40(26)55)44(59,60)23-9-13-49(14-10-23)21-28-35(51)37(53)39(38(54)36(28)52)73-22-72-34-18-27-30(20-33(34)71-3)47(65,66)43(58,41(27)56)45(61,62)24-11-15-50(16-12-24)48(67,68)25-7-5-4-6-8-25/h4-8,17-20,23-24,51-54,57-68H,9-16,21-22H2,1-3H3. The fourth-order valence-electron chi connectivity index (χ4n) is 10.5. The van der Waals surface area contributed by atoms with Gasteiger partial charge in [0.2, 0.25) is 70.0 Å². The van der Waals surface area contributed by atoms with Crippen molar-refractivity contribution in [2.24, 2.45) is 11.8 Å². The fraction of sp³-hybridized carbons (Fsp3) is 0.458. The first kappa shape index (κ1) is 53.2. The molecule has 25 heteroatoms. The van der Waals surface area contributed by atoms with Crippen molar-refractivity contribution in [2.75, 3.05) is 54.3 Å². The van der Waals surface area contributed by atoms with Crippen LogP contribution in [-0.2, 0) is 24.0 Å². The smallest absolute Gasteiger partial charge is 0.253 e. The molecule has 0 amide bonds. The van der Waals surface area contributed by atoms with Crippen LogP contribution in [-0.4, -0.2) is 180 Å². The molecule has 396 valence electrons. The number of phenolic OH excluding ortho intramolecular Hbond substituents is 4. The molecular formula is C48H56N2O23. The molecule has 2 saturated heterocycles. The summed E-state index contributed by atoms with van der Waals surface area (Å²) in [5.41, 5.74) is -10.1. The number of rotatable bonds is 15. The minimum atomic E-state index is -3.74. The number of benzene rings is 4. The molecule has 8 rings (SSSR count). The number of carbonyl (C=O) groups excluding carboxylic acids is 2. The molecule has 2 aliphatic carbocycles. The fourth-order valence-corrected chi connectivity index (χ4v) is 10.5. The molecule has 2 heterocycles. The van der Waals surface area contributed by atoms with Gasteiger partial charge in [-0.05, 0) is 63.0 Å². The number of nitrogens with zero attached hydrogens (tertiary/aromatic N) is 2. The second kappa shape index (κ2) is 18.4. The Labute approximate surface area is 413 Å². The van der Waals surface area contributed by atoms with E-state index in [0.717, 1.165) is 31.4 Å². The third-order valence-corrected chi connectivity index (χ3v) is 14.9. The number of ether oxygens (including phenoxy) is 5. The van der Waals surface area contributed by atoms with E-state index in [-0.39, 0.29) is 74.7 Å². The van der Waals surface area contributed by atoms with Crippen LogP contribution >= 0.6 is 0 Å². The normalized spacial score (nSPS) is 22.8. The average molecular weight is 1030 g/mol. The molecule has 0 bridgehead atoms. The van der Waals surface area contributed by atoms with Crippen LogP contribution in [0.25, 0.3) is 0 Å². The molecule has 73 heavy (non-hydrogen) atoms. The maximum atomic E-state index is 14.0. The molecule has 0 radical (unpaired) electrons. The van der Waals surface area contributed by atoms with Crippen LogP contribution in [0.1, 0.15) is 68.7 Å². The van der Waals surface area contributed by atoms with Gasteiger partial charge in [-0.25, -0.2) is 4.90 Å². The van der Waals surface area contributed by atoms with E-state index in [1.54, 1.807) is 18.2 Å². The molecule has 0 aromatic heterocycles. The first-order chi connectivity index (χ1) is 34.1. The second-order valence-corrected chi connectivity index (χ2v) is 18.6. The summed E-state index contributed by atoms with van der Waals surface area (Å²) in [6.07, 6.45) is -1.03. The molecule has 2 aliphatic heterocycles. The Kier molecular flexibility index (Phi) is 13.4. The number of Topliss-reactive ketones (excluding diaryl/α,β-unsaturated/α-hetero) is 2. The lowest BCUT2D eigenvalue weighted by Crippen LogP contribution is -2.71. The SMILES string of the molecule is COc1cc2c(cc1OC)C(O)(O)C(O)(C(O)(O)C1CCN(Cc3c(O)c(O)c(OCOc4cc5c(cc4OC)C(O)(O)C(O)(C(O)(O)C4CCN(C(O)(O)c6ccccc6)CC4)C5=O)c(O)c3O)CC1)C2=O. The number of hydrogen-bond acceptors (Lipinski definition) is 25. The van der Waals surface area contributed by atoms with E-state index in [9.17, 15) is 91.3 Å². The van der Waals surface area contributed by atoms with Gasteiger partial charge < -0.3 is 105 Å². The van der Waals surface area contributed by atoms with Crippen molar-refractivity contribution in [3.05, 3.63) is 88.0 Å². The Balaban J connectivity index is 0.931. The summed E-state index contributed by atoms with van der Waals surface area (Å²) in [5.74, 6) is -28.4. The van der Waals surface area contributed by atoms with Crippen LogP contribution in [0.5, 0.6) is 51.7 Å². The van der Waals surface area contributed by atoms with Crippen molar-refractivity contribution < 1.29 is 115 Å². The maximum Gasteiger partial charge on any atom is 0.253 e. The Morgan fingerprint density at radius 1 is 0.562 bits per heavy atom. The lowest BCUT2D eigenvalue weighted by atomic mass is 9.73. The topological polar surface area (TPSA) is 410 Å². The van der Waals surface area contributed by atoms with Crippen molar-refractivity contribution in [1.82, 2.24) is 9.80 Å². The number of methoxy groups -OCH3 is 3. The van der Waals surface area contributed by atoms with Crippen molar-refractivity contribution in [1.29, 1.82) is 0 Å². The van der Waals surface area contributed by atoms with Gasteiger partial charge in [0, 0.05) is 59.3 Å². The van der Waals surface area contributed by atoms with Gasteiger partial charge in [0.05, 0.1) is 26.9 Å². The van der Waals surface area contributed by atoms with Crippen LogP contribution in [0.3, 0.4) is 0 Å². The number of hydrogen-bond donors (Lipinski definition) is 16. The Morgan fingerprint density at radius 3 is 1.42 bits per heavy atom. The number of piperidine rings is 2. The molecule has 4 aromatic rings. The van der Waals surface area contributed by atoms with Crippen molar-refractivity contribution in [3.8, 4) is 51.7 Å². The summed E-state index contributed by atoms with van der Waals surface area (Å²) in [6.45, 7) is -2.03. The van der Waals surface area contributed by atoms with E-state index < -0.39 is 139 Å². The van der Waals surface area contributed by atoms with Crippen LogP contribution in [0, 0.1) is 11.8 Å². The first-order valence-corrected chi connectivity index (χ1v) is 22.6. The molecule has 2 unspecified atom stereocenters. The predicted octanol–water partition coefficient (Wildman–Crippen LogP) is -2.14. The molecule has 16 N–H and O–H groups in total. The summed E-state index contributed by atoms with van der Waals surface area (Å²) in [4.78, 5) is 30.2. The predicted molar refractivity (Wildman–Crippen MR) is 242 cm³/mol. The number of fused-ring (bicyclic) bond motifs is 2. The number of phenols is 4. The molecule has 0 spiro atoms. The highest BCUT2D eigenvalue weighted by molar-refractivity contribution is 6.10. The third-order valence-electron chi connectivity index (χ3n) is 14.9. The highest BCUT2D eigenvalue weighted by atomic mass is 16.7. The zero-order valence-electron chi connectivity index (χ0n) is 39.3. The van der Waals surface area contributed by atoms with E-state index in [2.05, 4.69) is 0 Å². The van der Waals surface area contributed by atoms with Crippen molar-refractivity contribution in [3.63, 3.8) is 0 Å². The number of aliphatic hydroxyl groups is 12. The van der Waals surface area contributed by atoms with Crippen molar-refractivity contribution in [2.45, 2.75) is 72.5 Å². The second-order valence-electron chi connectivity index (χ2n) is 18.6. The number of aromatic hydroxyl groups is 4. The number of likely N-dealkylation sites (tertiary alicyclic amines) is 2. The van der Waals surface area contributed by atoms with E-state index in [0.29, 0.717) is 0 Å². The molecule has 2 fully saturated rings. The highest BCUT2D eigenvalue weighted by Crippen LogP contribution is 2.56. The minimum Gasteiger partial charge on any atom is -0.504 e. The molecule has 4 aliphatic rings. The summed E-state index contributed by atoms with van der Waals surface area (Å²) in [5, 5.41) is 180. The van der Waals surface area contributed by atoms with E-state index >= 15 is 0 Å². The van der Waals surface area contributed by atoms with Gasteiger partial charge in [0.15, 0.2) is 34.5 Å². The summed E-state index contributed by atoms with van der Waals surface area (Å²) in [7, 11) is 3.58. The molecule has 25 nitrogen and oxygen atoms in total. The summed E-state index contributed by atoms with van der Waals surface area (Å²) < 4.78 is 26.5. The van der Waals surface area contributed by atoms with Gasteiger partial charge in [0.1, 0.15) is 0 Å². The Morgan fingerprint density at radius 2 is 0.973 bits per heavy atom. The summed E-state index contributed by atoms with van der Waals surface area (Å²) in [6, 6.07) is 11.5. The average Bonchev–Trinajstić information content (AvgIpc) is 3.63.